The summed E-state index contributed by atoms with van der Waals surface area (Å²) < 4.78 is 243. The number of hydrogen-bond donors (Lipinski definition) is 1. The van der Waals surface area contributed by atoms with Gasteiger partial charge in [0.25, 0.3) is 0 Å². The second-order valence-corrected chi connectivity index (χ2v) is 7.34. The van der Waals surface area contributed by atoms with Crippen molar-refractivity contribution >= 4 is 10.0 Å². The summed E-state index contributed by atoms with van der Waals surface area (Å²) in [6.07, 6.45) is -7.69. The van der Waals surface area contributed by atoms with E-state index in [2.05, 4.69) is 0 Å². The van der Waals surface area contributed by atoms with Crippen molar-refractivity contribution in [1.29, 1.82) is 0 Å². The topological polar surface area (TPSA) is 46.2 Å². The van der Waals surface area contributed by atoms with E-state index in [-0.39, 0.29) is 10.9 Å². The molecule has 0 saturated heterocycles. The van der Waals surface area contributed by atoms with E-state index in [1.807, 2.05) is 0 Å². The number of alkyl halides is 17. The number of nitrogens with one attached hydrogen (secondary N) is 1. The Morgan fingerprint density at radius 3 is 1.09 bits per heavy atom. The summed E-state index contributed by atoms with van der Waals surface area (Å²) in [6.45, 7) is 0.769. The molecule has 0 bridgehead atoms. The van der Waals surface area contributed by atoms with Gasteiger partial charge in [0.15, 0.2) is 0 Å². The third-order valence-corrected chi connectivity index (χ3v) is 4.80. The van der Waals surface area contributed by atoms with Gasteiger partial charge in [-0.25, -0.2) is 0 Å². The molecular formula is C11H6F17NO2S. The summed E-state index contributed by atoms with van der Waals surface area (Å²) >= 11 is 0. The van der Waals surface area contributed by atoms with Gasteiger partial charge < -0.3 is 0 Å². The van der Waals surface area contributed by atoms with E-state index in [1.54, 1.807) is 0 Å². The lowest BCUT2D eigenvalue weighted by atomic mass is 9.91. The van der Waals surface area contributed by atoms with E-state index in [1.165, 1.54) is 0 Å². The molecule has 21 heteroatoms. The molecule has 192 valence electrons. The Labute approximate surface area is 165 Å². The van der Waals surface area contributed by atoms with Crippen LogP contribution in [0.25, 0.3) is 0 Å². The molecule has 0 aromatic heterocycles. The SMILES string of the molecule is CC=CNS(=O)(=O)C(F)(F)C(F)(F)C(F)(F)C(F)(F)C(F)(F)C(F)(F)C(F)(F)C(F)(F)F. The van der Waals surface area contributed by atoms with Gasteiger partial charge in [-0.15, -0.1) is 0 Å². The van der Waals surface area contributed by atoms with E-state index < -0.39 is 57.0 Å². The highest BCUT2D eigenvalue weighted by molar-refractivity contribution is 7.90. The van der Waals surface area contributed by atoms with Crippen molar-refractivity contribution in [2.24, 2.45) is 0 Å². The molecule has 0 unspecified atom stereocenters. The highest BCUT2D eigenvalue weighted by atomic mass is 32.2. The fourth-order valence-electron chi connectivity index (χ4n) is 1.55. The van der Waals surface area contributed by atoms with Gasteiger partial charge in [0.1, 0.15) is 0 Å². The van der Waals surface area contributed by atoms with E-state index in [4.69, 9.17) is 0 Å². The largest absolute Gasteiger partial charge is 0.460 e. The molecule has 0 aliphatic heterocycles. The Balaban J connectivity index is 6.92. The molecule has 0 aromatic carbocycles. The third-order valence-electron chi connectivity index (χ3n) is 3.42. The molecule has 0 saturated carbocycles. The van der Waals surface area contributed by atoms with Crippen LogP contribution in [0.5, 0.6) is 0 Å². The number of sulfonamides is 1. The Morgan fingerprint density at radius 1 is 0.531 bits per heavy atom. The minimum atomic E-state index is -8.83. The molecule has 0 amide bonds. The zero-order valence-corrected chi connectivity index (χ0v) is 15.1. The van der Waals surface area contributed by atoms with Crippen molar-refractivity contribution in [3.63, 3.8) is 0 Å². The summed E-state index contributed by atoms with van der Waals surface area (Å²) in [7, 11) is -7.25. The maximum absolute atomic E-state index is 13.4. The van der Waals surface area contributed by atoms with Gasteiger partial charge in [0.2, 0.25) is 0 Å². The van der Waals surface area contributed by atoms with Crippen molar-refractivity contribution in [2.45, 2.75) is 53.9 Å². The van der Waals surface area contributed by atoms with Gasteiger partial charge in [0.05, 0.1) is 0 Å². The van der Waals surface area contributed by atoms with Crippen LogP contribution in [-0.2, 0) is 10.0 Å². The van der Waals surface area contributed by atoms with Crippen LogP contribution in [0.3, 0.4) is 0 Å². The zero-order valence-electron chi connectivity index (χ0n) is 14.3. The Hall–Kier alpha value is -1.70. The van der Waals surface area contributed by atoms with Crippen molar-refractivity contribution < 1.29 is 83.1 Å². The maximum Gasteiger partial charge on any atom is 0.460 e. The first-order valence-corrected chi connectivity index (χ1v) is 8.39. The number of allylic oxidation sites excluding steroid dienone is 1. The molecule has 3 nitrogen and oxygen atoms in total. The van der Waals surface area contributed by atoms with E-state index in [9.17, 15) is 83.1 Å². The predicted molar refractivity (Wildman–Crippen MR) is 67.6 cm³/mol. The van der Waals surface area contributed by atoms with Gasteiger partial charge in [-0.1, -0.05) is 6.08 Å². The van der Waals surface area contributed by atoms with E-state index in [0.717, 1.165) is 6.92 Å². The summed E-state index contributed by atoms with van der Waals surface area (Å²) in [5.74, 6) is -51.6. The molecule has 0 atom stereocenters. The van der Waals surface area contributed by atoms with Crippen LogP contribution in [0, 0.1) is 0 Å². The average Bonchev–Trinajstić information content (AvgIpc) is 2.57. The van der Waals surface area contributed by atoms with Crippen LogP contribution in [0.4, 0.5) is 74.6 Å². The Morgan fingerprint density at radius 2 is 0.812 bits per heavy atom. The van der Waals surface area contributed by atoms with Crippen LogP contribution in [0.1, 0.15) is 6.92 Å². The van der Waals surface area contributed by atoms with E-state index in [0.29, 0.717) is 6.08 Å². The minimum absolute atomic E-state index is 0.220. The van der Waals surface area contributed by atoms with Crippen LogP contribution in [0.2, 0.25) is 0 Å². The fourth-order valence-corrected chi connectivity index (χ4v) is 2.48. The van der Waals surface area contributed by atoms with Crippen molar-refractivity contribution in [1.82, 2.24) is 4.72 Å². The summed E-state index contributed by atoms with van der Waals surface area (Å²) in [5.41, 5.74) is 0. The summed E-state index contributed by atoms with van der Waals surface area (Å²) in [6, 6.07) is 0. The molecule has 0 rings (SSSR count). The second kappa shape index (κ2) is 7.67. The quantitative estimate of drug-likeness (QED) is 0.399. The maximum atomic E-state index is 13.4. The lowest BCUT2D eigenvalue weighted by molar-refractivity contribution is -0.458. The van der Waals surface area contributed by atoms with Gasteiger partial charge in [-0.2, -0.15) is 83.1 Å². The smallest absolute Gasteiger partial charge is 0.285 e. The molecule has 0 spiro atoms. The second-order valence-electron chi connectivity index (χ2n) is 5.58. The third kappa shape index (κ3) is 3.72. The van der Waals surface area contributed by atoms with Gasteiger partial charge >= 0.3 is 57.0 Å². The van der Waals surface area contributed by atoms with Crippen LogP contribution in [-0.4, -0.2) is 55.4 Å². The standard InChI is InChI=1S/C11H6F17NO2S/c1-2-3-29-32(30,31)11(27,28)9(22,23)7(18,19)5(14,15)4(12,13)6(16,17)8(20,21)10(24,25)26/h2-3,29H,1H3. The first-order valence-electron chi connectivity index (χ1n) is 6.90. The molecule has 0 heterocycles. The highest BCUT2D eigenvalue weighted by Crippen LogP contribution is 2.64. The zero-order chi connectivity index (χ0) is 26.6. The molecular weight excluding hydrogens is 533 g/mol. The molecule has 0 aliphatic rings. The first-order chi connectivity index (χ1) is 13.6. The normalized spacial score (nSPS) is 16.6. The van der Waals surface area contributed by atoms with E-state index >= 15 is 0 Å². The molecule has 32 heavy (non-hydrogen) atoms. The van der Waals surface area contributed by atoms with Gasteiger partial charge in [0, 0.05) is 6.20 Å². The van der Waals surface area contributed by atoms with Crippen LogP contribution in [0.15, 0.2) is 12.3 Å². The fraction of sp³-hybridized carbons (Fsp3) is 0.818. The molecule has 0 fully saturated rings. The van der Waals surface area contributed by atoms with Crippen LogP contribution >= 0.6 is 0 Å². The first kappa shape index (κ1) is 30.3. The van der Waals surface area contributed by atoms with Gasteiger partial charge in [-0.3, -0.25) is 4.72 Å². The predicted octanol–water partition coefficient (Wildman–Crippen LogP) is 5.41. The molecule has 0 radical (unpaired) electrons. The number of halogens is 17. The minimum Gasteiger partial charge on any atom is -0.285 e. The molecule has 0 aliphatic carbocycles. The molecule has 1 N–H and O–H groups in total. The monoisotopic (exact) mass is 539 g/mol. The molecule has 0 aromatic rings. The Kier molecular flexibility index (Phi) is 7.27. The van der Waals surface area contributed by atoms with Crippen LogP contribution < -0.4 is 4.72 Å². The van der Waals surface area contributed by atoms with Gasteiger partial charge in [-0.05, 0) is 6.92 Å². The lowest BCUT2D eigenvalue weighted by Crippen LogP contribution is -2.75. The van der Waals surface area contributed by atoms with Crippen molar-refractivity contribution in [2.75, 3.05) is 0 Å². The summed E-state index contributed by atoms with van der Waals surface area (Å²) in [4.78, 5) is 0. The highest BCUT2D eigenvalue weighted by Gasteiger charge is 2.96. The number of rotatable bonds is 9. The number of hydrogen-bond acceptors (Lipinski definition) is 2. The average molecular weight is 539 g/mol. The Bertz CT molecular complexity index is 826. The summed E-state index contributed by atoms with van der Waals surface area (Å²) in [5, 5.41) is -7.55. The van der Waals surface area contributed by atoms with Crippen molar-refractivity contribution in [3.8, 4) is 0 Å². The van der Waals surface area contributed by atoms with Crippen molar-refractivity contribution in [3.05, 3.63) is 12.3 Å². The lowest BCUT2D eigenvalue weighted by Gasteiger charge is -2.42.